The number of amides is 1. The van der Waals surface area contributed by atoms with Crippen LogP contribution in [0, 0.1) is 16.7 Å². The highest BCUT2D eigenvalue weighted by atomic mass is 32.2. The molecular weight excluding hydrogens is 425 g/mol. The summed E-state index contributed by atoms with van der Waals surface area (Å²) in [6.07, 6.45) is -2.66. The maximum Gasteiger partial charge on any atom is 0.416 e. The first-order valence-electron chi connectivity index (χ1n) is 9.28. The second kappa shape index (κ2) is 9.48. The molecule has 0 saturated heterocycles. The molecule has 0 bridgehead atoms. The normalized spacial score (nSPS) is 12.6. The number of nitrogens with one attached hydrogen (secondary N) is 1. The Morgan fingerprint density at radius 3 is 2.32 bits per heavy atom. The van der Waals surface area contributed by atoms with Crippen LogP contribution in [0.25, 0.3) is 5.57 Å². The lowest BCUT2D eigenvalue weighted by Crippen LogP contribution is -2.31. The standard InChI is InChI=1S/C23H23F3N2O2S/c1-22(2,3)20(18(13-27)14-7-6-8-15(11-14)23(24,25)26)28-21(29)17-10-9-16(31-5)12-19(17)30-4/h6-12H,1-5H3,(H,28,29). The molecule has 0 heterocycles. The number of carbonyl (C=O) groups is 1. The highest BCUT2D eigenvalue weighted by Crippen LogP contribution is 2.35. The Labute approximate surface area is 184 Å². The maximum absolute atomic E-state index is 13.2. The van der Waals surface area contributed by atoms with Gasteiger partial charge < -0.3 is 10.1 Å². The van der Waals surface area contributed by atoms with Gasteiger partial charge in [-0.3, -0.25) is 4.79 Å². The number of nitrogens with zero attached hydrogens (tertiary/aromatic N) is 1. The van der Waals surface area contributed by atoms with Crippen molar-refractivity contribution in [3.05, 3.63) is 64.9 Å². The van der Waals surface area contributed by atoms with E-state index in [9.17, 15) is 23.2 Å². The summed E-state index contributed by atoms with van der Waals surface area (Å²) in [5.74, 6) is -0.163. The van der Waals surface area contributed by atoms with Crippen LogP contribution in [-0.2, 0) is 6.18 Å². The fourth-order valence-corrected chi connectivity index (χ4v) is 3.34. The average molecular weight is 449 g/mol. The number of rotatable bonds is 5. The third kappa shape index (κ3) is 5.82. The highest BCUT2D eigenvalue weighted by molar-refractivity contribution is 7.98. The SMILES string of the molecule is COc1cc(SC)ccc1C(=O)NC(=C(C#N)c1cccc(C(F)(F)F)c1)C(C)(C)C. The van der Waals surface area contributed by atoms with Crippen LogP contribution in [0.5, 0.6) is 5.75 Å². The van der Waals surface area contributed by atoms with Gasteiger partial charge in [-0.25, -0.2) is 0 Å². The van der Waals surface area contributed by atoms with Gasteiger partial charge in [-0.2, -0.15) is 18.4 Å². The van der Waals surface area contributed by atoms with Gasteiger partial charge in [0.15, 0.2) is 0 Å². The monoisotopic (exact) mass is 448 g/mol. The van der Waals surface area contributed by atoms with Crippen LogP contribution in [0.15, 0.2) is 53.1 Å². The second-order valence-electron chi connectivity index (χ2n) is 7.71. The van der Waals surface area contributed by atoms with Crippen LogP contribution in [0.1, 0.15) is 42.3 Å². The number of ether oxygens (including phenoxy) is 1. The minimum absolute atomic E-state index is 0.0355. The predicted molar refractivity (Wildman–Crippen MR) is 116 cm³/mol. The van der Waals surface area contributed by atoms with Crippen molar-refractivity contribution in [3.63, 3.8) is 0 Å². The molecule has 0 fully saturated rings. The first-order chi connectivity index (χ1) is 14.4. The smallest absolute Gasteiger partial charge is 0.416 e. The Bertz CT molecular complexity index is 1050. The number of carbonyl (C=O) groups excluding carboxylic acids is 1. The van der Waals surface area contributed by atoms with Gasteiger partial charge >= 0.3 is 6.18 Å². The number of alkyl halides is 3. The Morgan fingerprint density at radius 2 is 1.81 bits per heavy atom. The van der Waals surface area contributed by atoms with E-state index in [1.807, 2.05) is 12.3 Å². The summed E-state index contributed by atoms with van der Waals surface area (Å²) in [5, 5.41) is 12.5. The molecule has 164 valence electrons. The van der Waals surface area contributed by atoms with Crippen LogP contribution >= 0.6 is 11.8 Å². The molecule has 0 aliphatic rings. The number of benzene rings is 2. The van der Waals surface area contributed by atoms with Gasteiger partial charge in [0.2, 0.25) is 0 Å². The molecule has 0 unspecified atom stereocenters. The van der Waals surface area contributed by atoms with Gasteiger partial charge in [-0.15, -0.1) is 11.8 Å². The van der Waals surface area contributed by atoms with Crippen molar-refractivity contribution in [1.82, 2.24) is 5.32 Å². The van der Waals surface area contributed by atoms with E-state index in [2.05, 4.69) is 5.32 Å². The van der Waals surface area contributed by atoms with E-state index in [0.717, 1.165) is 17.0 Å². The van der Waals surface area contributed by atoms with E-state index < -0.39 is 23.1 Å². The van der Waals surface area contributed by atoms with Crippen LogP contribution in [-0.4, -0.2) is 19.3 Å². The number of thioether (sulfide) groups is 1. The van der Waals surface area contributed by atoms with E-state index in [1.165, 1.54) is 31.0 Å². The lowest BCUT2D eigenvalue weighted by Gasteiger charge is -2.26. The largest absolute Gasteiger partial charge is 0.496 e. The van der Waals surface area contributed by atoms with Gasteiger partial charge in [0.05, 0.1) is 23.8 Å². The number of nitriles is 1. The minimum atomic E-state index is -4.55. The van der Waals surface area contributed by atoms with Crippen molar-refractivity contribution in [2.75, 3.05) is 13.4 Å². The summed E-state index contributed by atoms with van der Waals surface area (Å²) >= 11 is 1.49. The van der Waals surface area contributed by atoms with E-state index in [0.29, 0.717) is 5.75 Å². The fourth-order valence-electron chi connectivity index (χ4n) is 2.91. The summed E-state index contributed by atoms with van der Waals surface area (Å²) in [6.45, 7) is 5.30. The second-order valence-corrected chi connectivity index (χ2v) is 8.59. The molecule has 1 N–H and O–H groups in total. The summed E-state index contributed by atoms with van der Waals surface area (Å²) in [7, 11) is 1.44. The topological polar surface area (TPSA) is 62.1 Å². The first kappa shape index (κ1) is 24.4. The van der Waals surface area contributed by atoms with Crippen molar-refractivity contribution in [2.24, 2.45) is 5.41 Å². The van der Waals surface area contributed by atoms with Crippen molar-refractivity contribution >= 4 is 23.2 Å². The Morgan fingerprint density at radius 1 is 1.13 bits per heavy atom. The zero-order chi connectivity index (χ0) is 23.4. The van der Waals surface area contributed by atoms with E-state index >= 15 is 0 Å². The molecule has 2 aromatic rings. The Hall–Kier alpha value is -2.92. The van der Waals surface area contributed by atoms with Gasteiger partial charge in [0.25, 0.3) is 5.91 Å². The van der Waals surface area contributed by atoms with E-state index in [-0.39, 0.29) is 22.4 Å². The van der Waals surface area contributed by atoms with E-state index in [1.54, 1.807) is 39.0 Å². The molecule has 2 aromatic carbocycles. The number of hydrogen-bond donors (Lipinski definition) is 1. The van der Waals surface area contributed by atoms with Crippen LogP contribution in [0.2, 0.25) is 0 Å². The minimum Gasteiger partial charge on any atom is -0.496 e. The lowest BCUT2D eigenvalue weighted by atomic mass is 9.86. The molecule has 0 aliphatic carbocycles. The third-order valence-corrected chi connectivity index (χ3v) is 5.21. The van der Waals surface area contributed by atoms with Crippen molar-refractivity contribution in [2.45, 2.75) is 31.8 Å². The Balaban J connectivity index is 2.59. The van der Waals surface area contributed by atoms with Crippen molar-refractivity contribution in [3.8, 4) is 11.8 Å². The van der Waals surface area contributed by atoms with Crippen molar-refractivity contribution in [1.29, 1.82) is 5.26 Å². The molecule has 0 aromatic heterocycles. The summed E-state index contributed by atoms with van der Waals surface area (Å²) in [4.78, 5) is 13.9. The first-order valence-corrected chi connectivity index (χ1v) is 10.5. The van der Waals surface area contributed by atoms with E-state index in [4.69, 9.17) is 4.74 Å². The Kier molecular flexibility index (Phi) is 7.45. The lowest BCUT2D eigenvalue weighted by molar-refractivity contribution is -0.137. The molecule has 31 heavy (non-hydrogen) atoms. The van der Waals surface area contributed by atoms with Gasteiger partial charge in [-0.1, -0.05) is 32.9 Å². The number of methoxy groups -OCH3 is 1. The number of halogens is 3. The summed E-state index contributed by atoms with van der Waals surface area (Å²) < 4.78 is 44.8. The van der Waals surface area contributed by atoms with Gasteiger partial charge in [0.1, 0.15) is 11.8 Å². The van der Waals surface area contributed by atoms with Crippen molar-refractivity contribution < 1.29 is 22.7 Å². The number of hydrogen-bond acceptors (Lipinski definition) is 4. The molecule has 0 atom stereocenters. The van der Waals surface area contributed by atoms with Crippen LogP contribution in [0.4, 0.5) is 13.2 Å². The highest BCUT2D eigenvalue weighted by Gasteiger charge is 2.32. The molecular formula is C23H23F3N2O2S. The number of allylic oxidation sites excluding steroid dienone is 2. The maximum atomic E-state index is 13.2. The molecule has 4 nitrogen and oxygen atoms in total. The van der Waals surface area contributed by atoms with Gasteiger partial charge in [0, 0.05) is 16.0 Å². The molecule has 0 saturated carbocycles. The fraction of sp³-hybridized carbons (Fsp3) is 0.304. The molecule has 2 rings (SSSR count). The molecule has 0 spiro atoms. The predicted octanol–water partition coefficient (Wildman–Crippen LogP) is 6.15. The third-order valence-electron chi connectivity index (χ3n) is 4.48. The molecule has 1 amide bonds. The zero-order valence-electron chi connectivity index (χ0n) is 17.8. The van der Waals surface area contributed by atoms with Gasteiger partial charge in [-0.05, 0) is 42.2 Å². The quantitative estimate of drug-likeness (QED) is 0.440. The summed E-state index contributed by atoms with van der Waals surface area (Å²) in [6, 6.07) is 11.6. The van der Waals surface area contributed by atoms with Crippen LogP contribution in [0.3, 0.4) is 0 Å². The molecule has 8 heteroatoms. The molecule has 0 aliphatic heterocycles. The zero-order valence-corrected chi connectivity index (χ0v) is 18.7. The average Bonchev–Trinajstić information content (AvgIpc) is 2.71. The molecule has 0 radical (unpaired) electrons. The van der Waals surface area contributed by atoms with Crippen LogP contribution < -0.4 is 10.1 Å². The summed E-state index contributed by atoms with van der Waals surface area (Å²) in [5.41, 5.74) is -1.09.